The summed E-state index contributed by atoms with van der Waals surface area (Å²) in [6, 6.07) is 6.70. The second-order valence-electron chi connectivity index (χ2n) is 5.07. The van der Waals surface area contributed by atoms with Crippen molar-refractivity contribution in [2.75, 3.05) is 13.6 Å². The molecule has 110 valence electrons. The van der Waals surface area contributed by atoms with Gasteiger partial charge in [0.2, 0.25) is 0 Å². The maximum Gasteiger partial charge on any atom is 0.151 e. The summed E-state index contributed by atoms with van der Waals surface area (Å²) >= 11 is 1.79. The molecule has 0 aliphatic rings. The van der Waals surface area contributed by atoms with Crippen LogP contribution in [0.4, 0.5) is 0 Å². The highest BCUT2D eigenvalue weighted by Gasteiger charge is 2.15. The zero-order valence-corrected chi connectivity index (χ0v) is 13.2. The molecule has 0 saturated heterocycles. The average molecular weight is 293 g/mol. The molecule has 1 N–H and O–H groups in total. The third kappa shape index (κ3) is 4.16. The molecule has 2 heterocycles. The molecule has 0 fully saturated rings. The van der Waals surface area contributed by atoms with Crippen molar-refractivity contribution in [1.82, 2.24) is 15.4 Å². The van der Waals surface area contributed by atoms with Crippen LogP contribution in [0.1, 0.15) is 42.6 Å². The molecular formula is C15H23N3OS. The third-order valence-corrected chi connectivity index (χ3v) is 4.40. The Kier molecular flexibility index (Phi) is 5.76. The van der Waals surface area contributed by atoms with Gasteiger partial charge in [0.05, 0.1) is 12.2 Å². The van der Waals surface area contributed by atoms with Crippen molar-refractivity contribution in [2.45, 2.75) is 39.4 Å². The zero-order chi connectivity index (χ0) is 14.4. The lowest BCUT2D eigenvalue weighted by Gasteiger charge is -2.22. The normalized spacial score (nSPS) is 13.0. The Morgan fingerprint density at radius 3 is 3.05 bits per heavy atom. The highest BCUT2D eigenvalue weighted by atomic mass is 32.1. The molecule has 0 amide bonds. The van der Waals surface area contributed by atoms with Gasteiger partial charge in [0.15, 0.2) is 5.76 Å². The van der Waals surface area contributed by atoms with E-state index in [-0.39, 0.29) is 0 Å². The Morgan fingerprint density at radius 2 is 2.35 bits per heavy atom. The molecule has 20 heavy (non-hydrogen) atoms. The molecule has 4 nitrogen and oxygen atoms in total. The monoisotopic (exact) mass is 293 g/mol. The Labute approximate surface area is 124 Å². The number of nitrogens with zero attached hydrogens (tertiary/aromatic N) is 2. The van der Waals surface area contributed by atoms with Gasteiger partial charge in [0.25, 0.3) is 0 Å². The molecule has 1 unspecified atom stereocenters. The molecule has 5 heteroatoms. The predicted molar refractivity (Wildman–Crippen MR) is 82.7 cm³/mol. The van der Waals surface area contributed by atoms with E-state index in [4.69, 9.17) is 4.52 Å². The van der Waals surface area contributed by atoms with Crippen LogP contribution in [0.5, 0.6) is 0 Å². The number of rotatable bonds is 8. The van der Waals surface area contributed by atoms with Gasteiger partial charge < -0.3 is 9.84 Å². The minimum absolute atomic E-state index is 0.391. The first kappa shape index (κ1) is 15.2. The summed E-state index contributed by atoms with van der Waals surface area (Å²) in [5.74, 6) is 0.921. The van der Waals surface area contributed by atoms with E-state index < -0.39 is 0 Å². The summed E-state index contributed by atoms with van der Waals surface area (Å²) in [5, 5.41) is 9.55. The molecule has 1 atom stereocenters. The van der Waals surface area contributed by atoms with Crippen LogP contribution in [0.25, 0.3) is 0 Å². The van der Waals surface area contributed by atoms with E-state index in [1.807, 2.05) is 6.07 Å². The van der Waals surface area contributed by atoms with Gasteiger partial charge in [-0.2, -0.15) is 0 Å². The fraction of sp³-hybridized carbons (Fsp3) is 0.533. The Bertz CT molecular complexity index is 495. The maximum atomic E-state index is 5.41. The number of hydrogen-bond donors (Lipinski definition) is 1. The predicted octanol–water partition coefficient (Wildman–Crippen LogP) is 3.43. The zero-order valence-electron chi connectivity index (χ0n) is 12.4. The second kappa shape index (κ2) is 7.57. The van der Waals surface area contributed by atoms with Crippen molar-refractivity contribution in [2.24, 2.45) is 0 Å². The minimum Gasteiger partial charge on any atom is -0.360 e. The van der Waals surface area contributed by atoms with E-state index in [9.17, 15) is 0 Å². The SMILES string of the molecule is CCCNCc1cc(CN(C)C(C)c2cccs2)on1. The molecule has 0 aliphatic carbocycles. The third-order valence-electron chi connectivity index (χ3n) is 3.36. The first-order chi connectivity index (χ1) is 9.70. The smallest absolute Gasteiger partial charge is 0.151 e. The molecule has 0 radical (unpaired) electrons. The first-order valence-corrected chi connectivity index (χ1v) is 7.97. The van der Waals surface area contributed by atoms with Gasteiger partial charge in [-0.05, 0) is 38.4 Å². The van der Waals surface area contributed by atoms with Crippen molar-refractivity contribution in [1.29, 1.82) is 0 Å². The number of hydrogen-bond acceptors (Lipinski definition) is 5. The number of thiophene rings is 1. The Hall–Kier alpha value is -1.17. The molecule has 0 spiro atoms. The first-order valence-electron chi connectivity index (χ1n) is 7.09. The number of nitrogens with one attached hydrogen (secondary N) is 1. The molecular weight excluding hydrogens is 270 g/mol. The molecule has 2 aromatic rings. The summed E-state index contributed by atoms with van der Waals surface area (Å²) in [6.07, 6.45) is 1.13. The van der Waals surface area contributed by atoms with Gasteiger partial charge in [-0.25, -0.2) is 0 Å². The summed E-state index contributed by atoms with van der Waals surface area (Å²) in [4.78, 5) is 3.65. The quantitative estimate of drug-likeness (QED) is 0.757. The van der Waals surface area contributed by atoms with Crippen LogP contribution in [0, 0.1) is 0 Å². The van der Waals surface area contributed by atoms with E-state index in [1.165, 1.54) is 4.88 Å². The van der Waals surface area contributed by atoms with Crippen molar-refractivity contribution >= 4 is 11.3 Å². The second-order valence-corrected chi connectivity index (χ2v) is 6.05. The molecule has 0 bridgehead atoms. The van der Waals surface area contributed by atoms with Gasteiger partial charge >= 0.3 is 0 Å². The highest BCUT2D eigenvalue weighted by molar-refractivity contribution is 7.10. The maximum absolute atomic E-state index is 5.41. The summed E-state index contributed by atoms with van der Waals surface area (Å²) < 4.78 is 5.41. The largest absolute Gasteiger partial charge is 0.360 e. The van der Waals surface area contributed by atoms with Gasteiger partial charge in [-0.3, -0.25) is 4.90 Å². The fourth-order valence-electron chi connectivity index (χ4n) is 2.04. The lowest BCUT2D eigenvalue weighted by atomic mass is 10.2. The molecule has 0 saturated carbocycles. The Balaban J connectivity index is 1.86. The van der Waals surface area contributed by atoms with Crippen molar-refractivity contribution in [3.05, 3.63) is 39.9 Å². The van der Waals surface area contributed by atoms with Gasteiger partial charge in [-0.15, -0.1) is 11.3 Å². The van der Waals surface area contributed by atoms with Crippen molar-refractivity contribution < 1.29 is 4.52 Å². The van der Waals surface area contributed by atoms with E-state index in [1.54, 1.807) is 11.3 Å². The van der Waals surface area contributed by atoms with Crippen molar-refractivity contribution in [3.8, 4) is 0 Å². The van der Waals surface area contributed by atoms with Crippen LogP contribution in [-0.4, -0.2) is 23.6 Å². The van der Waals surface area contributed by atoms with Gasteiger partial charge in [0.1, 0.15) is 0 Å². The van der Waals surface area contributed by atoms with Crippen LogP contribution in [0.15, 0.2) is 28.1 Å². The van der Waals surface area contributed by atoms with Crippen LogP contribution in [0.3, 0.4) is 0 Å². The summed E-state index contributed by atoms with van der Waals surface area (Å²) in [5.41, 5.74) is 0.977. The molecule has 2 rings (SSSR count). The highest BCUT2D eigenvalue weighted by Crippen LogP contribution is 2.24. The topological polar surface area (TPSA) is 41.3 Å². The molecule has 0 aromatic carbocycles. The van der Waals surface area contributed by atoms with Gasteiger partial charge in [0, 0.05) is 23.5 Å². The van der Waals surface area contributed by atoms with E-state index >= 15 is 0 Å². The van der Waals surface area contributed by atoms with Gasteiger partial charge in [-0.1, -0.05) is 18.1 Å². The molecule has 0 aliphatic heterocycles. The lowest BCUT2D eigenvalue weighted by Crippen LogP contribution is -2.20. The van der Waals surface area contributed by atoms with Crippen LogP contribution >= 0.6 is 11.3 Å². The lowest BCUT2D eigenvalue weighted by molar-refractivity contribution is 0.223. The van der Waals surface area contributed by atoms with Crippen LogP contribution < -0.4 is 5.32 Å². The van der Waals surface area contributed by atoms with E-state index in [0.717, 1.165) is 37.5 Å². The summed E-state index contributed by atoms with van der Waals surface area (Å²) in [7, 11) is 2.11. The Morgan fingerprint density at radius 1 is 1.50 bits per heavy atom. The number of aromatic nitrogens is 1. The minimum atomic E-state index is 0.391. The average Bonchev–Trinajstić information content (AvgIpc) is 3.09. The van der Waals surface area contributed by atoms with Crippen LogP contribution in [-0.2, 0) is 13.1 Å². The summed E-state index contributed by atoms with van der Waals surface area (Å²) in [6.45, 7) is 6.94. The standard InChI is InChI=1S/C15H23N3OS/c1-4-7-16-10-13-9-14(19-17-13)11-18(3)12(2)15-6-5-8-20-15/h5-6,8-9,12,16H,4,7,10-11H2,1-3H3. The van der Waals surface area contributed by atoms with Crippen molar-refractivity contribution in [3.63, 3.8) is 0 Å². The van der Waals surface area contributed by atoms with E-state index in [2.05, 4.69) is 53.8 Å². The van der Waals surface area contributed by atoms with Crippen LogP contribution in [0.2, 0.25) is 0 Å². The molecule has 2 aromatic heterocycles. The fourth-order valence-corrected chi connectivity index (χ4v) is 2.88. The van der Waals surface area contributed by atoms with E-state index in [0.29, 0.717) is 6.04 Å².